The van der Waals surface area contributed by atoms with Crippen molar-refractivity contribution in [3.8, 4) is 22.2 Å². The summed E-state index contributed by atoms with van der Waals surface area (Å²) in [5, 5.41) is 13.8. The molecule has 3 aliphatic carbocycles. The molecule has 1 amide bonds. The van der Waals surface area contributed by atoms with Crippen LogP contribution in [0.5, 0.6) is 11.5 Å². The maximum atomic E-state index is 14.8. The number of ketones is 1. The molecule has 0 radical (unpaired) electrons. The summed E-state index contributed by atoms with van der Waals surface area (Å²) in [5.41, 5.74) is 0.119. The van der Waals surface area contributed by atoms with Crippen molar-refractivity contribution >= 4 is 57.5 Å². The lowest BCUT2D eigenvalue weighted by molar-refractivity contribution is -0.157. The van der Waals surface area contributed by atoms with Crippen molar-refractivity contribution in [2.75, 3.05) is 26.9 Å². The summed E-state index contributed by atoms with van der Waals surface area (Å²) in [6.45, 7) is 12.5. The predicted molar refractivity (Wildman–Crippen MR) is 220 cm³/mol. The Balaban J connectivity index is 1.21. The number of carbonyl (C=O) groups is 4. The highest BCUT2D eigenvalue weighted by Crippen LogP contribution is 2.58. The molecule has 314 valence electrons. The van der Waals surface area contributed by atoms with Crippen LogP contribution in [0, 0.1) is 34.5 Å². The number of aromatic nitrogens is 2. The normalized spacial score (nSPS) is 26.7. The number of nitrogens with zero attached hydrogens (tertiary/aromatic N) is 3. The lowest BCUT2D eigenvalue weighted by atomic mass is 9.77. The van der Waals surface area contributed by atoms with Crippen LogP contribution in [0.2, 0.25) is 5.02 Å². The monoisotopic (exact) mass is 837 g/mol. The van der Waals surface area contributed by atoms with E-state index >= 15 is 0 Å². The first-order valence-corrected chi connectivity index (χ1v) is 21.9. The largest absolute Gasteiger partial charge is 0.490 e. The first-order valence-electron chi connectivity index (χ1n) is 20.7. The summed E-state index contributed by atoms with van der Waals surface area (Å²) in [5.74, 6) is -0.603. The molecule has 1 aromatic carbocycles. The summed E-state index contributed by atoms with van der Waals surface area (Å²) < 4.78 is 23.8. The second-order valence-corrected chi connectivity index (χ2v) is 19.4. The number of rotatable bonds is 17. The third kappa shape index (κ3) is 8.73. The number of esters is 1. The van der Waals surface area contributed by atoms with E-state index < -0.39 is 40.8 Å². The number of amides is 1. The predicted octanol–water partition coefficient (Wildman–Crippen LogP) is 8.36. The third-order valence-corrected chi connectivity index (χ3v) is 14.0. The van der Waals surface area contributed by atoms with Gasteiger partial charge in [0.2, 0.25) is 5.91 Å². The fourth-order valence-corrected chi connectivity index (χ4v) is 10.3. The van der Waals surface area contributed by atoms with E-state index in [1.165, 1.54) is 22.7 Å². The van der Waals surface area contributed by atoms with E-state index in [9.17, 15) is 24.3 Å². The molecule has 7 rings (SSSR count). The first-order chi connectivity index (χ1) is 27.5. The van der Waals surface area contributed by atoms with E-state index in [4.69, 9.17) is 40.5 Å². The summed E-state index contributed by atoms with van der Waals surface area (Å²) >= 11 is 8.43. The third-order valence-electron chi connectivity index (χ3n) is 12.8. The molecule has 8 atom stereocenters. The standard InChI is InChI=1S/C44H56ClN3O9S/c1-8-26-19-44(26,42(52)53)20-34(49)33-16-28(21-48(33)41(51)30(43(4,5)6)17-37(50)57-27-14-24-13-25(24)15-27)56-36-18-31(40-47-32(22-58-40)23(2)3)46-39-29(36)9-10-35(38(39)45)55-12-11-54-7/h9-10,18,22-28,30,33H,8,11-17,19-21H2,1-7H3,(H,52,53)/t24-,25+,26-,27?,28-,30-,33+,44-/m1/s1. The Morgan fingerprint density at radius 3 is 2.40 bits per heavy atom. The molecule has 0 spiro atoms. The topological polar surface area (TPSA) is 154 Å². The van der Waals surface area contributed by atoms with E-state index in [0.29, 0.717) is 69.4 Å². The molecule has 3 saturated carbocycles. The number of carboxylic acids is 1. The van der Waals surface area contributed by atoms with E-state index in [0.717, 1.165) is 18.5 Å². The van der Waals surface area contributed by atoms with E-state index in [-0.39, 0.29) is 62.0 Å². The average Bonchev–Trinajstić information content (AvgIpc) is 3.81. The molecule has 1 unspecified atom stereocenters. The van der Waals surface area contributed by atoms with Gasteiger partial charge in [0.1, 0.15) is 46.0 Å². The van der Waals surface area contributed by atoms with Crippen LogP contribution in [0.15, 0.2) is 23.6 Å². The lowest BCUT2D eigenvalue weighted by Gasteiger charge is -2.35. The van der Waals surface area contributed by atoms with Gasteiger partial charge in [0, 0.05) is 36.8 Å². The molecular formula is C44H56ClN3O9S. The maximum Gasteiger partial charge on any atom is 0.310 e. The average molecular weight is 838 g/mol. The van der Waals surface area contributed by atoms with Crippen LogP contribution in [0.1, 0.15) is 105 Å². The fraction of sp³-hybridized carbons (Fsp3) is 0.636. The van der Waals surface area contributed by atoms with Gasteiger partial charge >= 0.3 is 11.9 Å². The highest BCUT2D eigenvalue weighted by molar-refractivity contribution is 7.13. The lowest BCUT2D eigenvalue weighted by Crippen LogP contribution is -2.48. The van der Waals surface area contributed by atoms with Gasteiger partial charge in [-0.1, -0.05) is 59.6 Å². The maximum absolute atomic E-state index is 14.8. The van der Waals surface area contributed by atoms with Crippen LogP contribution in [-0.4, -0.2) is 88.7 Å². The summed E-state index contributed by atoms with van der Waals surface area (Å²) in [6, 6.07) is 4.43. The molecule has 14 heteroatoms. The Morgan fingerprint density at radius 2 is 1.78 bits per heavy atom. The van der Waals surface area contributed by atoms with Crippen LogP contribution in [-0.2, 0) is 28.7 Å². The number of carbonyl (C=O) groups excluding carboxylic acids is 3. The number of halogens is 1. The summed E-state index contributed by atoms with van der Waals surface area (Å²) in [6.07, 6.45) is 3.07. The highest BCUT2D eigenvalue weighted by Gasteiger charge is 2.61. The molecule has 4 aliphatic rings. The minimum Gasteiger partial charge on any atom is -0.490 e. The summed E-state index contributed by atoms with van der Waals surface area (Å²) in [4.78, 5) is 66.4. The zero-order valence-electron chi connectivity index (χ0n) is 34.5. The smallest absolute Gasteiger partial charge is 0.310 e. The van der Waals surface area contributed by atoms with Gasteiger partial charge in [-0.2, -0.15) is 0 Å². The number of carboxylic acid groups (broad SMARTS) is 1. The zero-order chi connectivity index (χ0) is 41.7. The van der Waals surface area contributed by atoms with Crippen LogP contribution < -0.4 is 9.47 Å². The van der Waals surface area contributed by atoms with Crippen LogP contribution in [0.4, 0.5) is 0 Å². The Morgan fingerprint density at radius 1 is 1.03 bits per heavy atom. The van der Waals surface area contributed by atoms with Gasteiger partial charge in [0.25, 0.3) is 0 Å². The number of likely N-dealkylation sites (tertiary alicyclic amines) is 1. The highest BCUT2D eigenvalue weighted by atomic mass is 35.5. The van der Waals surface area contributed by atoms with Gasteiger partial charge in [0.15, 0.2) is 5.78 Å². The van der Waals surface area contributed by atoms with Crippen molar-refractivity contribution in [2.24, 2.45) is 34.5 Å². The van der Waals surface area contributed by atoms with Crippen molar-refractivity contribution in [3.63, 3.8) is 0 Å². The molecule has 0 bridgehead atoms. The fourth-order valence-electron chi connectivity index (χ4n) is 9.06. The van der Waals surface area contributed by atoms with Crippen molar-refractivity contribution in [3.05, 3.63) is 34.3 Å². The number of methoxy groups -OCH3 is 1. The molecule has 1 saturated heterocycles. The summed E-state index contributed by atoms with van der Waals surface area (Å²) in [7, 11) is 1.59. The molecule has 3 aromatic rings. The number of pyridine rings is 1. The second kappa shape index (κ2) is 16.7. The minimum absolute atomic E-state index is 0.0555. The zero-order valence-corrected chi connectivity index (χ0v) is 36.1. The van der Waals surface area contributed by atoms with Gasteiger partial charge in [-0.25, -0.2) is 9.97 Å². The van der Waals surface area contributed by atoms with Gasteiger partial charge < -0.3 is 29.0 Å². The van der Waals surface area contributed by atoms with E-state index in [1.54, 1.807) is 13.2 Å². The van der Waals surface area contributed by atoms with Crippen molar-refractivity contribution in [1.82, 2.24) is 14.9 Å². The number of Topliss-reactive ketones (excluding diaryl/α,β-unsaturated/α-hetero) is 1. The molecule has 58 heavy (non-hydrogen) atoms. The second-order valence-electron chi connectivity index (χ2n) is 18.2. The Labute approximate surface area is 349 Å². The van der Waals surface area contributed by atoms with Crippen LogP contribution in [0.25, 0.3) is 21.6 Å². The van der Waals surface area contributed by atoms with Crippen molar-refractivity contribution in [2.45, 2.75) is 117 Å². The minimum atomic E-state index is -1.15. The van der Waals surface area contributed by atoms with Crippen molar-refractivity contribution in [1.29, 1.82) is 0 Å². The molecule has 2 aromatic heterocycles. The number of benzene rings is 1. The van der Waals surface area contributed by atoms with Crippen LogP contribution in [0.3, 0.4) is 0 Å². The number of hydrogen-bond acceptors (Lipinski definition) is 11. The van der Waals surface area contributed by atoms with E-state index in [1.807, 2.05) is 45.2 Å². The van der Waals surface area contributed by atoms with Gasteiger partial charge in [-0.3, -0.25) is 19.2 Å². The quantitative estimate of drug-likeness (QED) is 0.103. The molecule has 1 aliphatic heterocycles. The number of ether oxygens (including phenoxy) is 4. The van der Waals surface area contributed by atoms with Crippen LogP contribution >= 0.6 is 22.9 Å². The first kappa shape index (κ1) is 42.3. The number of thiazole rings is 1. The molecule has 4 fully saturated rings. The number of aliphatic carboxylic acids is 1. The number of fused-ring (bicyclic) bond motifs is 2. The Kier molecular flexibility index (Phi) is 12.2. The molecule has 3 heterocycles. The van der Waals surface area contributed by atoms with Gasteiger partial charge in [0.05, 0.1) is 48.2 Å². The van der Waals surface area contributed by atoms with Crippen molar-refractivity contribution < 1.29 is 43.2 Å². The Hall–Kier alpha value is -3.81. The SMILES string of the molecule is CC[C@@H]1C[C@]1(CC(=O)[C@@H]1C[C@@H](Oc2cc(-c3nc(C(C)C)cs3)nc3c(Cl)c(OCCOC)ccc23)CN1C(=O)[C@@H](CC(=O)OC1C[C@@H]2C[C@@H]2C1)C(C)(C)C)C(=O)O. The molecule has 1 N–H and O–H groups in total. The number of hydrogen-bond donors (Lipinski definition) is 1. The molecule has 12 nitrogen and oxygen atoms in total. The van der Waals surface area contributed by atoms with E-state index in [2.05, 4.69) is 13.8 Å². The van der Waals surface area contributed by atoms with Gasteiger partial charge in [-0.05, 0) is 66.9 Å². The van der Waals surface area contributed by atoms with Gasteiger partial charge in [-0.15, -0.1) is 11.3 Å². The Bertz CT molecular complexity index is 2050. The molecular weight excluding hydrogens is 782 g/mol.